The van der Waals surface area contributed by atoms with E-state index < -0.39 is 10.0 Å². The highest BCUT2D eigenvalue weighted by atomic mass is 32.2. The van der Waals surface area contributed by atoms with Crippen molar-refractivity contribution in [2.24, 2.45) is 0 Å². The molecule has 0 saturated carbocycles. The summed E-state index contributed by atoms with van der Waals surface area (Å²) in [6.45, 7) is 6.38. The van der Waals surface area contributed by atoms with Crippen LogP contribution in [0, 0.1) is 13.8 Å². The predicted molar refractivity (Wildman–Crippen MR) is 178 cm³/mol. The fourth-order valence-corrected chi connectivity index (χ4v) is 7.19. The lowest BCUT2D eigenvalue weighted by molar-refractivity contribution is -0.113. The number of fused-ring (bicyclic) bond motifs is 1. The zero-order valence-corrected chi connectivity index (χ0v) is 26.6. The summed E-state index contributed by atoms with van der Waals surface area (Å²) in [5.41, 5.74) is 4.62. The lowest BCUT2D eigenvalue weighted by Gasteiger charge is -2.12. The van der Waals surface area contributed by atoms with E-state index in [2.05, 4.69) is 15.5 Å². The van der Waals surface area contributed by atoms with Crippen LogP contribution in [0.4, 0.5) is 5.69 Å². The van der Waals surface area contributed by atoms with Crippen molar-refractivity contribution < 1.29 is 17.9 Å². The van der Waals surface area contributed by atoms with E-state index in [4.69, 9.17) is 4.74 Å². The molecule has 2 aromatic heterocycles. The maximum atomic E-state index is 13.8. The van der Waals surface area contributed by atoms with Crippen LogP contribution < -0.4 is 10.1 Å². The Balaban J connectivity index is 1.42. The van der Waals surface area contributed by atoms with Gasteiger partial charge in [0.05, 0.1) is 22.8 Å². The number of ether oxygens (including phenoxy) is 1. The Morgan fingerprint density at radius 3 is 2.40 bits per heavy atom. The summed E-state index contributed by atoms with van der Waals surface area (Å²) >= 11 is 1.24. The molecule has 0 atom stereocenters. The standard InChI is InChI=1S/C34H31N5O4S2/c1-4-43-26-18-16-25(17-19-26)39-33(36-37-34(39)44-22-32(40)35-30-20-23(2)14-15-24(30)3)29-21-38(31-13-9-8-12-28(29)31)45(41,42)27-10-6-5-7-11-27/h5-21H,4,22H2,1-3H3,(H,35,40). The second-order valence-electron chi connectivity index (χ2n) is 10.4. The third-order valence-electron chi connectivity index (χ3n) is 7.26. The van der Waals surface area contributed by atoms with Crippen molar-refractivity contribution in [1.29, 1.82) is 0 Å². The number of hydrogen-bond donors (Lipinski definition) is 1. The van der Waals surface area contributed by atoms with Gasteiger partial charge in [0.2, 0.25) is 5.91 Å². The summed E-state index contributed by atoms with van der Waals surface area (Å²) in [5, 5.41) is 13.2. The summed E-state index contributed by atoms with van der Waals surface area (Å²) < 4.78 is 36.3. The molecule has 228 valence electrons. The topological polar surface area (TPSA) is 108 Å². The number of nitrogens with one attached hydrogen (secondary N) is 1. The molecule has 4 aromatic carbocycles. The number of amides is 1. The van der Waals surface area contributed by atoms with Crippen LogP contribution >= 0.6 is 11.8 Å². The smallest absolute Gasteiger partial charge is 0.268 e. The highest BCUT2D eigenvalue weighted by Crippen LogP contribution is 2.36. The molecule has 1 amide bonds. The van der Waals surface area contributed by atoms with Crippen LogP contribution in [0.15, 0.2) is 113 Å². The highest BCUT2D eigenvalue weighted by Gasteiger charge is 2.25. The first kappa shape index (κ1) is 30.2. The van der Waals surface area contributed by atoms with E-state index >= 15 is 0 Å². The first-order valence-corrected chi connectivity index (χ1v) is 16.8. The fraction of sp³-hybridized carbons (Fsp3) is 0.147. The second-order valence-corrected chi connectivity index (χ2v) is 13.2. The molecule has 0 bridgehead atoms. The van der Waals surface area contributed by atoms with Gasteiger partial charge in [-0.3, -0.25) is 9.36 Å². The van der Waals surface area contributed by atoms with Crippen molar-refractivity contribution in [3.05, 3.63) is 114 Å². The average molecular weight is 638 g/mol. The summed E-state index contributed by atoms with van der Waals surface area (Å²) in [4.78, 5) is 13.2. The quantitative estimate of drug-likeness (QED) is 0.163. The van der Waals surface area contributed by atoms with Crippen LogP contribution in [-0.2, 0) is 14.8 Å². The van der Waals surface area contributed by atoms with E-state index in [1.54, 1.807) is 48.7 Å². The normalized spacial score (nSPS) is 11.5. The van der Waals surface area contributed by atoms with Gasteiger partial charge in [-0.05, 0) is 80.4 Å². The Hall–Kier alpha value is -4.87. The highest BCUT2D eigenvalue weighted by molar-refractivity contribution is 7.99. The maximum Gasteiger partial charge on any atom is 0.268 e. The van der Waals surface area contributed by atoms with Crippen molar-refractivity contribution in [2.75, 3.05) is 17.7 Å². The average Bonchev–Trinajstić information content (AvgIpc) is 3.65. The largest absolute Gasteiger partial charge is 0.494 e. The molecule has 0 fully saturated rings. The van der Waals surface area contributed by atoms with Gasteiger partial charge in [-0.25, -0.2) is 12.4 Å². The fourth-order valence-electron chi connectivity index (χ4n) is 5.05. The Bertz CT molecular complexity index is 2100. The third-order valence-corrected chi connectivity index (χ3v) is 9.87. The molecular weight excluding hydrogens is 607 g/mol. The van der Waals surface area contributed by atoms with Crippen LogP contribution in [0.3, 0.4) is 0 Å². The first-order chi connectivity index (χ1) is 21.8. The van der Waals surface area contributed by atoms with Crippen LogP contribution in [0.5, 0.6) is 5.75 Å². The molecule has 11 heteroatoms. The van der Waals surface area contributed by atoms with Gasteiger partial charge in [0.1, 0.15) is 5.75 Å². The molecule has 0 radical (unpaired) electrons. The van der Waals surface area contributed by atoms with Crippen molar-refractivity contribution in [3.63, 3.8) is 0 Å². The van der Waals surface area contributed by atoms with Crippen LogP contribution in [-0.4, -0.2) is 45.4 Å². The summed E-state index contributed by atoms with van der Waals surface area (Å²) in [6, 6.07) is 29.0. The van der Waals surface area contributed by atoms with Crippen molar-refractivity contribution in [3.8, 4) is 22.8 Å². The minimum absolute atomic E-state index is 0.0900. The van der Waals surface area contributed by atoms with E-state index in [0.29, 0.717) is 39.8 Å². The lowest BCUT2D eigenvalue weighted by Crippen LogP contribution is -2.15. The van der Waals surface area contributed by atoms with Gasteiger partial charge in [-0.2, -0.15) is 0 Å². The first-order valence-electron chi connectivity index (χ1n) is 14.4. The van der Waals surface area contributed by atoms with Crippen molar-refractivity contribution in [1.82, 2.24) is 18.7 Å². The Morgan fingerprint density at radius 2 is 1.64 bits per heavy atom. The molecule has 0 aliphatic rings. The zero-order valence-electron chi connectivity index (χ0n) is 25.0. The van der Waals surface area contributed by atoms with E-state index in [0.717, 1.165) is 22.5 Å². The lowest BCUT2D eigenvalue weighted by atomic mass is 10.1. The number of para-hydroxylation sites is 1. The van der Waals surface area contributed by atoms with E-state index in [-0.39, 0.29) is 16.6 Å². The van der Waals surface area contributed by atoms with Gasteiger partial charge in [-0.1, -0.05) is 60.3 Å². The van der Waals surface area contributed by atoms with Gasteiger partial charge in [-0.15, -0.1) is 10.2 Å². The number of rotatable bonds is 10. The summed E-state index contributed by atoms with van der Waals surface area (Å²) in [7, 11) is -3.91. The molecule has 0 aliphatic carbocycles. The Kier molecular flexibility index (Phi) is 8.46. The number of aryl methyl sites for hydroxylation is 2. The Morgan fingerprint density at radius 1 is 0.911 bits per heavy atom. The monoisotopic (exact) mass is 637 g/mol. The number of hydrogen-bond acceptors (Lipinski definition) is 7. The number of nitrogens with zero attached hydrogens (tertiary/aromatic N) is 4. The maximum absolute atomic E-state index is 13.8. The van der Waals surface area contributed by atoms with Gasteiger partial charge in [0.15, 0.2) is 11.0 Å². The SMILES string of the molecule is CCOc1ccc(-n2c(SCC(=O)Nc3cc(C)ccc3C)nnc2-c2cn(S(=O)(=O)c3ccccc3)c3ccccc23)cc1. The van der Waals surface area contributed by atoms with Crippen molar-refractivity contribution >= 4 is 44.3 Å². The van der Waals surface area contributed by atoms with Crippen LogP contribution in [0.25, 0.3) is 28.0 Å². The molecule has 45 heavy (non-hydrogen) atoms. The predicted octanol–water partition coefficient (Wildman–Crippen LogP) is 6.87. The van der Waals surface area contributed by atoms with E-state index in [1.165, 1.54) is 15.7 Å². The zero-order chi connectivity index (χ0) is 31.6. The van der Waals surface area contributed by atoms with Gasteiger partial charge in [0, 0.05) is 28.5 Å². The summed E-state index contributed by atoms with van der Waals surface area (Å²) in [6.07, 6.45) is 1.59. The van der Waals surface area contributed by atoms with Gasteiger partial charge >= 0.3 is 0 Å². The number of aromatic nitrogens is 4. The number of carbonyl (C=O) groups excluding carboxylic acids is 1. The number of thioether (sulfide) groups is 1. The van der Waals surface area contributed by atoms with Gasteiger partial charge < -0.3 is 10.1 Å². The molecule has 6 aromatic rings. The molecule has 2 heterocycles. The molecule has 9 nitrogen and oxygen atoms in total. The third kappa shape index (κ3) is 6.09. The molecular formula is C34H31N5O4S2. The van der Waals surface area contributed by atoms with Gasteiger partial charge in [0.25, 0.3) is 10.0 Å². The van der Waals surface area contributed by atoms with E-state index in [1.807, 2.05) is 79.9 Å². The minimum Gasteiger partial charge on any atom is -0.494 e. The molecule has 0 spiro atoms. The van der Waals surface area contributed by atoms with Crippen molar-refractivity contribution in [2.45, 2.75) is 30.8 Å². The van der Waals surface area contributed by atoms with Crippen LogP contribution in [0.2, 0.25) is 0 Å². The van der Waals surface area contributed by atoms with E-state index in [9.17, 15) is 13.2 Å². The molecule has 0 saturated heterocycles. The number of benzene rings is 4. The number of anilines is 1. The molecule has 0 aliphatic heterocycles. The minimum atomic E-state index is -3.91. The molecule has 6 rings (SSSR count). The summed E-state index contributed by atoms with van der Waals surface area (Å²) in [5.74, 6) is 1.06. The van der Waals surface area contributed by atoms with Crippen LogP contribution in [0.1, 0.15) is 18.1 Å². The number of carbonyl (C=O) groups is 1. The molecule has 1 N–H and O–H groups in total. The molecule has 0 unspecified atom stereocenters. The Labute approximate surface area is 265 Å². The second kappa shape index (κ2) is 12.6.